The molecule has 21 heteroatoms. The summed E-state index contributed by atoms with van der Waals surface area (Å²) < 4.78 is 45.3. The van der Waals surface area contributed by atoms with Gasteiger partial charge in [0.05, 0.1) is 38.6 Å². The number of phenolic OH excluding ortho intramolecular Hbond substituents is 2. The van der Waals surface area contributed by atoms with E-state index in [0.717, 1.165) is 6.07 Å². The van der Waals surface area contributed by atoms with Gasteiger partial charge in [-0.3, -0.25) is 0 Å². The first kappa shape index (κ1) is 40.9. The highest BCUT2D eigenvalue weighted by molar-refractivity contribution is 5.89. The van der Waals surface area contributed by atoms with Crippen LogP contribution in [0.4, 0.5) is 0 Å². The van der Waals surface area contributed by atoms with Crippen molar-refractivity contribution in [3.05, 3.63) is 36.4 Å². The number of hydrogen-bond acceptors (Lipinski definition) is 20. The molecule has 3 aliphatic heterocycles. The summed E-state index contributed by atoms with van der Waals surface area (Å²) in [4.78, 5) is 0. The normalized spacial score (nSPS) is 36.8. The molecule has 0 spiro atoms. The molecule has 3 aliphatic rings. The minimum absolute atomic E-state index is 0.000743. The predicted molar refractivity (Wildman–Crippen MR) is 177 cm³/mol. The number of aromatic hydroxyl groups is 2. The van der Waals surface area contributed by atoms with Crippen LogP contribution < -0.4 is 14.2 Å². The van der Waals surface area contributed by atoms with Crippen LogP contribution in [-0.4, -0.2) is 185 Å². The van der Waals surface area contributed by atoms with E-state index in [0.29, 0.717) is 0 Å². The Labute approximate surface area is 310 Å². The van der Waals surface area contributed by atoms with Crippen LogP contribution in [0.2, 0.25) is 0 Å². The number of benzene rings is 2. The first-order valence-corrected chi connectivity index (χ1v) is 16.9. The van der Waals surface area contributed by atoms with Crippen LogP contribution in [0.1, 0.15) is 0 Å². The van der Waals surface area contributed by atoms with E-state index < -0.39 is 118 Å². The molecule has 304 valence electrons. The number of rotatable bonds is 11. The number of aliphatic hydroxyl groups excluding tert-OH is 11. The number of fused-ring (bicyclic) bond motifs is 1. The Balaban J connectivity index is 1.35. The molecular formula is C34H43O21+. The zero-order valence-electron chi connectivity index (χ0n) is 28.8. The van der Waals surface area contributed by atoms with Crippen LogP contribution in [-0.2, 0) is 18.9 Å². The van der Waals surface area contributed by atoms with Gasteiger partial charge in [0.15, 0.2) is 17.8 Å². The molecule has 21 nitrogen and oxygen atoms in total. The molecule has 3 saturated heterocycles. The zero-order valence-corrected chi connectivity index (χ0v) is 28.8. The maximum absolute atomic E-state index is 11.0. The molecule has 0 amide bonds. The fraction of sp³-hybridized carbons (Fsp3) is 0.559. The molecule has 0 aliphatic carbocycles. The quantitative estimate of drug-likeness (QED) is 0.0823. The van der Waals surface area contributed by atoms with Crippen molar-refractivity contribution in [1.29, 1.82) is 0 Å². The summed E-state index contributed by atoms with van der Waals surface area (Å²) in [6.45, 7) is -2.15. The van der Waals surface area contributed by atoms with Gasteiger partial charge in [0.1, 0.15) is 90.1 Å². The van der Waals surface area contributed by atoms with Crippen LogP contribution >= 0.6 is 0 Å². The van der Waals surface area contributed by atoms with E-state index in [-0.39, 0.29) is 45.3 Å². The Morgan fingerprint density at radius 2 is 1.11 bits per heavy atom. The lowest BCUT2D eigenvalue weighted by molar-refractivity contribution is -0.323. The van der Waals surface area contributed by atoms with Gasteiger partial charge in [-0.2, -0.15) is 0 Å². The fourth-order valence-electron chi connectivity index (χ4n) is 6.34. The van der Waals surface area contributed by atoms with Crippen molar-refractivity contribution < 1.29 is 104 Å². The van der Waals surface area contributed by atoms with Crippen LogP contribution in [0.25, 0.3) is 22.3 Å². The topological polar surface area (TPSA) is 339 Å². The summed E-state index contributed by atoms with van der Waals surface area (Å²) >= 11 is 0. The van der Waals surface area contributed by atoms with Crippen molar-refractivity contribution in [2.24, 2.45) is 0 Å². The SMILES string of the molecule is COc1cc(-c2[o+]c3cc(O)cc(O[C@@H]4O[C@H](CO)[C@@H](O)[C@H](O)[C@H]4O)c3cc2O[C@@H]2O[C@H](CO[C@@H]3O[C@H](CO)[C@@H](O)[C@H](O)[C@H]3O)[C@@H](O)[C@H](O)[C@H]2O)ccc1O. The predicted octanol–water partition coefficient (Wildman–Crippen LogP) is -4.02. The molecule has 13 N–H and O–H groups in total. The van der Waals surface area contributed by atoms with Gasteiger partial charge in [-0.15, -0.1) is 0 Å². The van der Waals surface area contributed by atoms with Crippen molar-refractivity contribution in [1.82, 2.24) is 0 Å². The van der Waals surface area contributed by atoms with Gasteiger partial charge in [0.2, 0.25) is 18.3 Å². The molecule has 0 radical (unpaired) electrons. The molecule has 3 aromatic rings. The maximum atomic E-state index is 11.0. The Morgan fingerprint density at radius 1 is 0.582 bits per heavy atom. The first-order valence-electron chi connectivity index (χ1n) is 16.9. The second kappa shape index (κ2) is 16.8. The molecule has 15 atom stereocenters. The van der Waals surface area contributed by atoms with Gasteiger partial charge < -0.3 is 99.5 Å². The van der Waals surface area contributed by atoms with E-state index in [2.05, 4.69) is 0 Å². The van der Waals surface area contributed by atoms with Gasteiger partial charge in [-0.25, -0.2) is 4.42 Å². The van der Waals surface area contributed by atoms with Crippen molar-refractivity contribution >= 4 is 11.0 Å². The minimum atomic E-state index is -1.94. The fourth-order valence-corrected chi connectivity index (χ4v) is 6.34. The molecule has 6 rings (SSSR count). The number of ether oxygens (including phenoxy) is 7. The summed E-state index contributed by atoms with van der Waals surface area (Å²) in [6, 6.07) is 7.57. The number of hydrogen-bond donors (Lipinski definition) is 13. The van der Waals surface area contributed by atoms with Gasteiger partial charge in [-0.05, 0) is 12.1 Å². The lowest BCUT2D eigenvalue weighted by Crippen LogP contribution is -2.62. The summed E-state index contributed by atoms with van der Waals surface area (Å²) in [6.07, 6.45) is -25.6. The average Bonchev–Trinajstić information content (AvgIpc) is 3.17. The lowest BCUT2D eigenvalue weighted by atomic mass is 9.98. The molecule has 1 aromatic heterocycles. The van der Waals surface area contributed by atoms with E-state index in [4.69, 9.17) is 37.6 Å². The highest BCUT2D eigenvalue weighted by atomic mass is 16.7. The Bertz CT molecular complexity index is 1770. The van der Waals surface area contributed by atoms with E-state index in [9.17, 15) is 66.4 Å². The van der Waals surface area contributed by atoms with Gasteiger partial charge in [0.25, 0.3) is 0 Å². The third kappa shape index (κ3) is 8.09. The minimum Gasteiger partial charge on any atom is -0.507 e. The average molecular weight is 788 g/mol. The van der Waals surface area contributed by atoms with Gasteiger partial charge in [-0.1, -0.05) is 0 Å². The Hall–Kier alpha value is -3.75. The first-order chi connectivity index (χ1) is 26.2. The molecule has 0 unspecified atom stereocenters. The maximum Gasteiger partial charge on any atom is 0.402 e. The molecule has 4 heterocycles. The number of aliphatic hydroxyl groups is 11. The van der Waals surface area contributed by atoms with Crippen molar-refractivity contribution in [3.63, 3.8) is 0 Å². The Morgan fingerprint density at radius 3 is 1.69 bits per heavy atom. The van der Waals surface area contributed by atoms with E-state index in [1.54, 1.807) is 0 Å². The molecular weight excluding hydrogens is 744 g/mol. The highest BCUT2D eigenvalue weighted by Gasteiger charge is 2.49. The van der Waals surface area contributed by atoms with Gasteiger partial charge in [0, 0.05) is 18.2 Å². The van der Waals surface area contributed by atoms with Crippen LogP contribution in [0.5, 0.6) is 28.7 Å². The largest absolute Gasteiger partial charge is 0.507 e. The molecule has 3 fully saturated rings. The van der Waals surface area contributed by atoms with Crippen molar-refractivity contribution in [3.8, 4) is 40.1 Å². The van der Waals surface area contributed by atoms with Crippen LogP contribution in [0.3, 0.4) is 0 Å². The van der Waals surface area contributed by atoms with E-state index >= 15 is 0 Å². The summed E-state index contributed by atoms with van der Waals surface area (Å²) in [7, 11) is 1.29. The number of phenols is 2. The smallest absolute Gasteiger partial charge is 0.402 e. The summed E-state index contributed by atoms with van der Waals surface area (Å²) in [5.74, 6) is -1.29. The zero-order chi connectivity index (χ0) is 39.9. The van der Waals surface area contributed by atoms with Crippen LogP contribution in [0, 0.1) is 0 Å². The highest BCUT2D eigenvalue weighted by Crippen LogP contribution is 2.43. The Kier molecular flexibility index (Phi) is 12.5. The third-order valence-electron chi connectivity index (χ3n) is 9.52. The molecule has 55 heavy (non-hydrogen) atoms. The monoisotopic (exact) mass is 787 g/mol. The second-order valence-corrected chi connectivity index (χ2v) is 13.2. The number of methoxy groups -OCH3 is 1. The molecule has 0 saturated carbocycles. The standard InChI is InChI=1S/C34H42O21/c1-48-17-4-11(2-3-14(17)38)31-18(7-13-15(50-31)5-12(37)6-16(13)51-33-29(46)26(43)23(40)20(9-36)54-33)52-34-30(47)27(44)24(41)21(55-34)10-49-32-28(45)25(42)22(39)19(8-35)53-32/h2-7,19-30,32-36,39-47H,8-10H2,1H3,(H-,37,38)/p+1/t19-,20-,21-,22-,23-,24-,25+,26+,27+,28-,29-,30-,32-,33-,34-/m1/s1. The van der Waals surface area contributed by atoms with Crippen molar-refractivity contribution in [2.45, 2.75) is 92.1 Å². The van der Waals surface area contributed by atoms with E-state index in [1.165, 1.54) is 37.4 Å². The summed E-state index contributed by atoms with van der Waals surface area (Å²) in [5, 5.41) is 134. The van der Waals surface area contributed by atoms with Gasteiger partial charge >= 0.3 is 11.3 Å². The van der Waals surface area contributed by atoms with Crippen molar-refractivity contribution in [2.75, 3.05) is 26.9 Å². The molecule has 0 bridgehead atoms. The third-order valence-corrected chi connectivity index (χ3v) is 9.52. The summed E-state index contributed by atoms with van der Waals surface area (Å²) in [5.41, 5.74) is 0.111. The van der Waals surface area contributed by atoms with Crippen LogP contribution in [0.15, 0.2) is 40.8 Å². The van der Waals surface area contributed by atoms with E-state index in [1.807, 2.05) is 0 Å². The second-order valence-electron chi connectivity index (χ2n) is 13.2. The lowest BCUT2D eigenvalue weighted by Gasteiger charge is -2.42. The molecule has 2 aromatic carbocycles.